The van der Waals surface area contributed by atoms with E-state index in [-0.39, 0.29) is 42.1 Å². The van der Waals surface area contributed by atoms with E-state index in [4.69, 9.17) is 40.4 Å². The lowest BCUT2D eigenvalue weighted by Crippen LogP contribution is -2.58. The first kappa shape index (κ1) is 52.4. The number of aliphatic carboxylic acids is 1. The maximum atomic E-state index is 13.3. The summed E-state index contributed by atoms with van der Waals surface area (Å²) in [5, 5.41) is 26.9. The van der Waals surface area contributed by atoms with Crippen LogP contribution in [-0.4, -0.2) is 158 Å². The van der Waals surface area contributed by atoms with E-state index in [1.165, 1.54) is 0 Å². The summed E-state index contributed by atoms with van der Waals surface area (Å²) in [5.74, 6) is -2.26. The summed E-state index contributed by atoms with van der Waals surface area (Å²) in [6, 6.07) is 9.50. The molecule has 2 fully saturated rings. The molecule has 4 heterocycles. The average molecular weight is 970 g/mol. The van der Waals surface area contributed by atoms with E-state index in [1.807, 2.05) is 27.3 Å². The van der Waals surface area contributed by atoms with Crippen LogP contribution in [0.2, 0.25) is 5.02 Å². The van der Waals surface area contributed by atoms with Crippen LogP contribution in [0.5, 0.6) is 11.5 Å². The number of carboxylic acid groups (broad SMARTS) is 1. The van der Waals surface area contributed by atoms with E-state index >= 15 is 0 Å². The van der Waals surface area contributed by atoms with Crippen molar-refractivity contribution in [2.45, 2.75) is 76.6 Å². The number of alkyl halides is 3. The molecule has 21 heteroatoms. The molecule has 66 heavy (non-hydrogen) atoms. The van der Waals surface area contributed by atoms with Crippen LogP contribution < -0.4 is 15.4 Å². The van der Waals surface area contributed by atoms with E-state index in [0.717, 1.165) is 65.6 Å². The number of aromatic nitrogens is 1. The summed E-state index contributed by atoms with van der Waals surface area (Å²) in [6.45, 7) is 11.9. The molecule has 4 N–H and O–H groups in total. The molecule has 16 nitrogen and oxygen atoms in total. The number of rotatable bonds is 20. The maximum Gasteiger partial charge on any atom is 0.490 e. The molecule has 1 spiro atoms. The largest absolute Gasteiger partial charge is 0.506 e. The molecule has 3 amide bonds. The second kappa shape index (κ2) is 25.0. The molecule has 0 unspecified atom stereocenters. The number of benzene rings is 2. The quantitative estimate of drug-likeness (QED) is 0.0793. The van der Waals surface area contributed by atoms with Crippen molar-refractivity contribution in [1.29, 1.82) is 0 Å². The van der Waals surface area contributed by atoms with Crippen molar-refractivity contribution in [3.05, 3.63) is 68.1 Å². The number of ether oxygens (including phenoxy) is 4. The Hall–Kier alpha value is -4.57. The van der Waals surface area contributed by atoms with Gasteiger partial charge in [-0.3, -0.25) is 19.3 Å². The van der Waals surface area contributed by atoms with Gasteiger partial charge in [-0.15, -0.1) is 11.3 Å². The predicted octanol–water partition coefficient (Wildman–Crippen LogP) is 5.74. The summed E-state index contributed by atoms with van der Waals surface area (Å²) in [6.07, 6.45) is -1.11. The van der Waals surface area contributed by atoms with E-state index in [9.17, 15) is 32.7 Å². The number of carboxylic acids is 1. The van der Waals surface area contributed by atoms with Gasteiger partial charge in [0.15, 0.2) is 12.4 Å². The van der Waals surface area contributed by atoms with Crippen molar-refractivity contribution in [3.8, 4) is 11.5 Å². The first-order chi connectivity index (χ1) is 31.5. The Morgan fingerprint density at radius 2 is 1.79 bits per heavy atom. The summed E-state index contributed by atoms with van der Waals surface area (Å²) in [4.78, 5) is 57.9. The Labute approximate surface area is 391 Å². The molecule has 364 valence electrons. The Morgan fingerprint density at radius 1 is 1.05 bits per heavy atom. The summed E-state index contributed by atoms with van der Waals surface area (Å²) >= 11 is 8.50. The average Bonchev–Trinajstić information content (AvgIpc) is 3.79. The number of carbonyl (C=O) groups is 4. The molecule has 0 aliphatic carbocycles. The van der Waals surface area contributed by atoms with Crippen molar-refractivity contribution in [2.75, 3.05) is 97.8 Å². The van der Waals surface area contributed by atoms with Gasteiger partial charge in [-0.25, -0.2) is 9.78 Å². The number of anilines is 1. The van der Waals surface area contributed by atoms with Crippen LogP contribution >= 0.6 is 22.9 Å². The van der Waals surface area contributed by atoms with Gasteiger partial charge >= 0.3 is 12.1 Å². The van der Waals surface area contributed by atoms with Gasteiger partial charge in [-0.1, -0.05) is 49.7 Å². The Kier molecular flexibility index (Phi) is 19.8. The molecule has 0 atom stereocenters. The zero-order valence-corrected chi connectivity index (χ0v) is 39.1. The molecular formula is C45H60ClF3N6O10S. The van der Waals surface area contributed by atoms with E-state index in [1.54, 1.807) is 30.6 Å². The highest BCUT2D eigenvalue weighted by molar-refractivity contribution is 7.09. The Balaban J connectivity index is 0.00000108. The fraction of sp³-hybridized carbons (Fsp3) is 0.578. The number of amides is 3. The van der Waals surface area contributed by atoms with Gasteiger partial charge in [0.1, 0.15) is 17.1 Å². The van der Waals surface area contributed by atoms with Crippen LogP contribution in [-0.2, 0) is 48.0 Å². The second-order valence-corrected chi connectivity index (χ2v) is 17.8. The highest BCUT2D eigenvalue weighted by Gasteiger charge is 2.42. The van der Waals surface area contributed by atoms with Crippen molar-refractivity contribution < 1.29 is 61.5 Å². The van der Waals surface area contributed by atoms with Gasteiger partial charge in [-0.2, -0.15) is 13.2 Å². The third kappa shape index (κ3) is 15.2. The molecule has 6 rings (SSSR count). The SMILES string of the molecule is COCCCN(CCNCCc1ccc(O)c2c1OCC(=O)N2)C(=O)CCOCCc1cccc(CN2CCC3(CC2)CN(C(=O)c2csc(C(C)C)n2)CCO3)c1Cl.O=C(O)C(F)(F)F. The second-order valence-electron chi connectivity index (χ2n) is 16.6. The number of methoxy groups -OCH3 is 1. The van der Waals surface area contributed by atoms with Gasteiger partial charge in [-0.05, 0) is 61.4 Å². The van der Waals surface area contributed by atoms with Gasteiger partial charge in [0.2, 0.25) is 5.91 Å². The number of carbonyl (C=O) groups excluding carboxylic acids is 3. The lowest BCUT2D eigenvalue weighted by molar-refractivity contribution is -0.192. The number of nitrogens with zero attached hydrogens (tertiary/aromatic N) is 4. The third-order valence-electron chi connectivity index (χ3n) is 11.4. The summed E-state index contributed by atoms with van der Waals surface area (Å²) in [5.41, 5.74) is 3.49. The highest BCUT2D eigenvalue weighted by atomic mass is 35.5. The normalized spacial score (nSPS) is 16.0. The Morgan fingerprint density at radius 3 is 2.48 bits per heavy atom. The van der Waals surface area contributed by atoms with Gasteiger partial charge < -0.3 is 49.6 Å². The minimum Gasteiger partial charge on any atom is -0.506 e. The molecule has 3 aliphatic heterocycles. The van der Waals surface area contributed by atoms with Crippen molar-refractivity contribution >= 4 is 52.3 Å². The van der Waals surface area contributed by atoms with Gasteiger partial charge in [0.25, 0.3) is 11.8 Å². The minimum atomic E-state index is -5.08. The standard InChI is InChI=1S/C43H59ClN6O8S.C2HF3O2/c1-30(2)41-46-34(28-59-41)42(54)50-21-25-58-43(29-50)13-18-48(19-14-43)26-33-7-4-6-31(38(33)44)11-23-56-24-12-37(53)49(17-5-22-55-3)20-16-45-15-10-32-8-9-35(51)39-40(32)57-27-36(52)47-39;3-2(4,5)1(6)7/h4,6-9,28,30,45,51H,5,10-27,29H2,1-3H3,(H,47,52);(H,6,7). The number of morpholine rings is 1. The van der Waals surface area contributed by atoms with Crippen LogP contribution in [0.3, 0.4) is 0 Å². The van der Waals surface area contributed by atoms with Crippen molar-refractivity contribution in [1.82, 2.24) is 25.0 Å². The monoisotopic (exact) mass is 968 g/mol. The smallest absolute Gasteiger partial charge is 0.490 e. The number of likely N-dealkylation sites (tertiary alicyclic amines) is 1. The molecule has 0 saturated carbocycles. The molecular weight excluding hydrogens is 909 g/mol. The van der Waals surface area contributed by atoms with E-state index in [0.29, 0.717) is 102 Å². The molecule has 3 aliphatic rings. The lowest BCUT2D eigenvalue weighted by atomic mass is 9.89. The predicted molar refractivity (Wildman–Crippen MR) is 241 cm³/mol. The minimum absolute atomic E-state index is 0.00418. The fourth-order valence-corrected chi connectivity index (χ4v) is 8.87. The zero-order chi connectivity index (χ0) is 47.9. The topological polar surface area (TPSA) is 192 Å². The molecule has 3 aromatic rings. The lowest BCUT2D eigenvalue weighted by Gasteiger charge is -2.47. The first-order valence-corrected chi connectivity index (χ1v) is 23.3. The van der Waals surface area contributed by atoms with E-state index < -0.39 is 12.1 Å². The van der Waals surface area contributed by atoms with Crippen molar-refractivity contribution in [3.63, 3.8) is 0 Å². The summed E-state index contributed by atoms with van der Waals surface area (Å²) < 4.78 is 54.9. The number of hydrogen-bond donors (Lipinski definition) is 4. The van der Waals surface area contributed by atoms with Gasteiger partial charge in [0.05, 0.1) is 43.4 Å². The maximum absolute atomic E-state index is 13.3. The zero-order valence-electron chi connectivity index (χ0n) is 37.6. The van der Waals surface area contributed by atoms with Crippen LogP contribution in [0.4, 0.5) is 18.9 Å². The number of nitrogens with one attached hydrogen (secondary N) is 2. The number of fused-ring (bicyclic) bond motifs is 1. The molecule has 1 aromatic heterocycles. The van der Waals surface area contributed by atoms with Crippen LogP contribution in [0.1, 0.15) is 77.6 Å². The van der Waals surface area contributed by atoms with E-state index in [2.05, 4.69) is 40.4 Å². The van der Waals surface area contributed by atoms with Crippen LogP contribution in [0.25, 0.3) is 0 Å². The molecule has 0 radical (unpaired) electrons. The number of phenols is 1. The molecule has 2 saturated heterocycles. The molecule has 2 aromatic carbocycles. The fourth-order valence-electron chi connectivity index (χ4n) is 7.78. The van der Waals surface area contributed by atoms with Gasteiger partial charge in [0, 0.05) is 75.9 Å². The van der Waals surface area contributed by atoms with Crippen LogP contribution in [0.15, 0.2) is 35.7 Å². The number of thiazole rings is 1. The number of hydrogen-bond acceptors (Lipinski definition) is 13. The highest BCUT2D eigenvalue weighted by Crippen LogP contribution is 2.39. The molecule has 0 bridgehead atoms. The van der Waals surface area contributed by atoms with Crippen LogP contribution in [0, 0.1) is 0 Å². The Bertz CT molecular complexity index is 2100. The number of phenolic OH excluding ortho intramolecular Hbond substituents is 1. The first-order valence-electron chi connectivity index (χ1n) is 22.0. The number of aromatic hydroxyl groups is 1. The number of piperidine rings is 1. The number of halogens is 4. The van der Waals surface area contributed by atoms with Crippen molar-refractivity contribution in [2.24, 2.45) is 0 Å². The third-order valence-corrected chi connectivity index (χ3v) is 13.0. The summed E-state index contributed by atoms with van der Waals surface area (Å²) in [7, 11) is 1.65.